The van der Waals surface area contributed by atoms with E-state index in [0.29, 0.717) is 31.6 Å². The van der Waals surface area contributed by atoms with Crippen LogP contribution < -0.4 is 14.2 Å². The summed E-state index contributed by atoms with van der Waals surface area (Å²) >= 11 is 9.23. The van der Waals surface area contributed by atoms with Crippen LogP contribution in [0.4, 0.5) is 0 Å². The fourth-order valence-electron chi connectivity index (χ4n) is 3.53. The van der Waals surface area contributed by atoms with Gasteiger partial charge in [0.25, 0.3) is 0 Å². The molecule has 0 radical (unpaired) electrons. The van der Waals surface area contributed by atoms with Crippen molar-refractivity contribution in [2.75, 3.05) is 14.2 Å². The third kappa shape index (κ3) is 7.13. The number of aromatic hydroxyl groups is 1. The van der Waals surface area contributed by atoms with E-state index in [2.05, 4.69) is 52.8 Å². The second-order valence-corrected chi connectivity index (χ2v) is 8.98. The van der Waals surface area contributed by atoms with E-state index in [1.807, 2.05) is 26.0 Å². The van der Waals surface area contributed by atoms with Gasteiger partial charge in [0, 0.05) is 27.3 Å². The first kappa shape index (κ1) is 31.3. The predicted molar refractivity (Wildman–Crippen MR) is 159 cm³/mol. The smallest absolute Gasteiger partial charge is 0.348 e. The Morgan fingerprint density at radius 2 is 1.47 bits per heavy atom. The first-order valence-electron chi connectivity index (χ1n) is 11.2. The predicted octanol–water partition coefficient (Wildman–Crippen LogP) is 7.45. The SMILES string of the molecule is CC.COc1ccc(/C=C2\OC(=O)C(C(=O)c3cc(Br)c(OC)c(Br)c3)=C2c2ccc(O)cc2)cc1.NBr. The summed E-state index contributed by atoms with van der Waals surface area (Å²) in [5.41, 5.74) is 1.82. The van der Waals surface area contributed by atoms with Crippen LogP contribution in [0.3, 0.4) is 0 Å². The molecule has 0 spiro atoms. The number of esters is 1. The van der Waals surface area contributed by atoms with Crippen molar-refractivity contribution in [3.8, 4) is 17.2 Å². The van der Waals surface area contributed by atoms with Gasteiger partial charge in [-0.2, -0.15) is 0 Å². The highest BCUT2D eigenvalue weighted by Crippen LogP contribution is 2.40. The Labute approximate surface area is 246 Å². The van der Waals surface area contributed by atoms with E-state index in [9.17, 15) is 14.7 Å². The molecule has 0 aromatic heterocycles. The van der Waals surface area contributed by atoms with E-state index in [4.69, 9.17) is 14.2 Å². The minimum Gasteiger partial charge on any atom is -0.508 e. The van der Waals surface area contributed by atoms with E-state index in [1.165, 1.54) is 19.2 Å². The van der Waals surface area contributed by atoms with Gasteiger partial charge < -0.3 is 19.3 Å². The number of hydrogen-bond donors (Lipinski definition) is 2. The number of ether oxygens (including phenoxy) is 3. The first-order valence-corrected chi connectivity index (χ1v) is 13.7. The molecule has 3 aromatic rings. The molecular formula is C28H26Br3NO6. The summed E-state index contributed by atoms with van der Waals surface area (Å²) in [6.45, 7) is 4.00. The highest BCUT2D eigenvalue weighted by atomic mass is 79.9. The number of halogens is 3. The van der Waals surface area contributed by atoms with Gasteiger partial charge in [0.05, 0.1) is 23.2 Å². The molecule has 3 N–H and O–H groups in total. The number of phenols is 1. The summed E-state index contributed by atoms with van der Waals surface area (Å²) in [5.74, 6) is 0.248. The van der Waals surface area contributed by atoms with Crippen molar-refractivity contribution in [3.63, 3.8) is 0 Å². The zero-order valence-corrected chi connectivity index (χ0v) is 25.8. The second kappa shape index (κ2) is 14.9. The highest BCUT2D eigenvalue weighted by molar-refractivity contribution is 9.11. The lowest BCUT2D eigenvalue weighted by Crippen LogP contribution is -2.11. The third-order valence-corrected chi connectivity index (χ3v) is 6.34. The molecule has 0 fully saturated rings. The molecule has 0 saturated carbocycles. The van der Waals surface area contributed by atoms with Gasteiger partial charge in [-0.15, -0.1) is 0 Å². The van der Waals surface area contributed by atoms with Crippen LogP contribution in [0.25, 0.3) is 11.6 Å². The summed E-state index contributed by atoms with van der Waals surface area (Å²) < 4.78 is 21.5. The van der Waals surface area contributed by atoms with E-state index in [1.54, 1.807) is 49.6 Å². The lowest BCUT2D eigenvalue weighted by molar-refractivity contribution is -0.132. The Morgan fingerprint density at radius 3 is 1.97 bits per heavy atom. The van der Waals surface area contributed by atoms with Crippen molar-refractivity contribution in [2.45, 2.75) is 13.8 Å². The van der Waals surface area contributed by atoms with Crippen LogP contribution in [0, 0.1) is 0 Å². The number of benzene rings is 3. The fourth-order valence-corrected chi connectivity index (χ4v) is 5.04. The molecule has 0 bridgehead atoms. The maximum atomic E-state index is 13.6. The zero-order chi connectivity index (χ0) is 28.4. The van der Waals surface area contributed by atoms with Crippen LogP contribution in [0.2, 0.25) is 0 Å². The maximum absolute atomic E-state index is 13.6. The van der Waals surface area contributed by atoms with Crippen LogP contribution in [-0.4, -0.2) is 31.1 Å². The average molecular weight is 712 g/mol. The number of cyclic esters (lactones) is 1. The number of allylic oxidation sites excluding steroid dienone is 1. The van der Waals surface area contributed by atoms with E-state index in [-0.39, 0.29) is 22.6 Å². The largest absolute Gasteiger partial charge is 0.508 e. The standard InChI is InChI=1S/C26H18Br2O6.C2H6.BrH2N/c1-32-18-9-3-14(4-10-18)11-21-22(15-5-7-17(29)8-6-15)23(26(31)34-21)24(30)16-12-19(27)25(33-2)20(28)13-16;2*1-2/h3-13,29H,1-2H3;1-2H3;2H2/b21-11-;;. The van der Waals surface area contributed by atoms with Gasteiger partial charge in [-0.1, -0.05) is 38.1 Å². The summed E-state index contributed by atoms with van der Waals surface area (Å²) in [4.78, 5) is 26.5. The molecular weight excluding hydrogens is 686 g/mol. The van der Waals surface area contributed by atoms with Crippen molar-refractivity contribution in [2.24, 2.45) is 4.76 Å². The number of Topliss-reactive ketones (excluding diaryl/α,β-unsaturated/α-hetero) is 1. The summed E-state index contributed by atoms with van der Waals surface area (Å²) in [7, 11) is 3.09. The Balaban J connectivity index is 0.00000121. The molecule has 200 valence electrons. The Kier molecular flexibility index (Phi) is 12.2. The van der Waals surface area contributed by atoms with Gasteiger partial charge in [-0.3, -0.25) is 9.55 Å². The van der Waals surface area contributed by atoms with Gasteiger partial charge in [0.2, 0.25) is 5.78 Å². The molecule has 1 aliphatic heterocycles. The number of hydrogen-bond acceptors (Lipinski definition) is 7. The Hall–Kier alpha value is -2.92. The van der Waals surface area contributed by atoms with Gasteiger partial charge in [0.1, 0.15) is 28.6 Å². The lowest BCUT2D eigenvalue weighted by atomic mass is 9.93. The Bertz CT molecular complexity index is 1330. The van der Waals surface area contributed by atoms with Gasteiger partial charge >= 0.3 is 5.97 Å². The number of ketones is 1. The van der Waals surface area contributed by atoms with Crippen molar-refractivity contribution < 1.29 is 28.9 Å². The third-order valence-electron chi connectivity index (χ3n) is 5.16. The normalized spacial score (nSPS) is 13.2. The van der Waals surface area contributed by atoms with E-state index >= 15 is 0 Å². The molecule has 3 aromatic carbocycles. The summed E-state index contributed by atoms with van der Waals surface area (Å²) in [6.07, 6.45) is 1.68. The molecule has 0 aliphatic carbocycles. The number of carbonyl (C=O) groups is 2. The lowest BCUT2D eigenvalue weighted by Gasteiger charge is -2.09. The van der Waals surface area contributed by atoms with Crippen molar-refractivity contribution in [3.05, 3.63) is 97.6 Å². The molecule has 4 rings (SSSR count). The van der Waals surface area contributed by atoms with Gasteiger partial charge in [-0.05, 0) is 85.5 Å². The molecule has 0 atom stereocenters. The van der Waals surface area contributed by atoms with Crippen LogP contribution in [0.5, 0.6) is 17.2 Å². The first-order chi connectivity index (χ1) is 18.3. The van der Waals surface area contributed by atoms with Gasteiger partial charge in [0.15, 0.2) is 0 Å². The highest BCUT2D eigenvalue weighted by Gasteiger charge is 2.36. The summed E-state index contributed by atoms with van der Waals surface area (Å²) in [6, 6.07) is 16.6. The minimum atomic E-state index is -0.754. The molecule has 10 heteroatoms. The number of carbonyl (C=O) groups excluding carboxylic acids is 2. The second-order valence-electron chi connectivity index (χ2n) is 7.27. The van der Waals surface area contributed by atoms with Crippen molar-refractivity contribution >= 4 is 71.4 Å². The van der Waals surface area contributed by atoms with Crippen molar-refractivity contribution in [1.82, 2.24) is 0 Å². The summed E-state index contributed by atoms with van der Waals surface area (Å²) in [5, 5.41) is 9.74. The molecule has 0 saturated heterocycles. The molecule has 38 heavy (non-hydrogen) atoms. The fraction of sp³-hybridized carbons (Fsp3) is 0.143. The average Bonchev–Trinajstić information content (AvgIpc) is 3.26. The molecule has 7 nitrogen and oxygen atoms in total. The molecule has 1 aliphatic rings. The van der Waals surface area contributed by atoms with Crippen LogP contribution in [-0.2, 0) is 9.53 Å². The molecule has 0 unspecified atom stereocenters. The van der Waals surface area contributed by atoms with E-state index < -0.39 is 11.8 Å². The maximum Gasteiger partial charge on any atom is 0.348 e. The minimum absolute atomic E-state index is 0.0613. The number of rotatable bonds is 6. The molecule has 1 heterocycles. The van der Waals surface area contributed by atoms with Crippen molar-refractivity contribution in [1.29, 1.82) is 0 Å². The number of methoxy groups -OCH3 is 2. The van der Waals surface area contributed by atoms with Crippen LogP contribution in [0.15, 0.2) is 80.9 Å². The molecule has 0 amide bonds. The number of nitrogens with two attached hydrogens (primary N) is 1. The van der Waals surface area contributed by atoms with Gasteiger partial charge in [-0.25, -0.2) is 4.79 Å². The quantitative estimate of drug-likeness (QED) is 0.118. The monoisotopic (exact) mass is 709 g/mol. The number of phenolic OH excluding ortho intramolecular Hbond substituents is 1. The van der Waals surface area contributed by atoms with Crippen LogP contribution >= 0.6 is 48.0 Å². The zero-order valence-electron chi connectivity index (χ0n) is 21.1. The van der Waals surface area contributed by atoms with E-state index in [0.717, 1.165) is 5.56 Å². The topological polar surface area (TPSA) is 108 Å². The van der Waals surface area contributed by atoms with Crippen LogP contribution in [0.1, 0.15) is 35.3 Å². The Morgan fingerprint density at radius 1 is 0.921 bits per heavy atom.